The number of rotatable bonds is 2. The number of aromatic nitrogens is 5. The van der Waals surface area contributed by atoms with Crippen molar-refractivity contribution in [3.8, 4) is 0 Å². The largest absolute Gasteiger partial charge is 0.375 e. The second-order valence-electron chi connectivity index (χ2n) is 7.92. The molecule has 5 rings (SSSR count). The molecular weight excluding hydrogens is 376 g/mol. The van der Waals surface area contributed by atoms with Crippen LogP contribution in [0, 0.1) is 0 Å². The number of ether oxygens (including phenoxy) is 1. The van der Waals surface area contributed by atoms with Crippen LogP contribution in [-0.2, 0) is 4.74 Å². The molecule has 0 spiro atoms. The third-order valence-corrected chi connectivity index (χ3v) is 6.53. The summed E-state index contributed by atoms with van der Waals surface area (Å²) in [7, 11) is 0. The quantitative estimate of drug-likeness (QED) is 0.716. The van der Waals surface area contributed by atoms with Crippen LogP contribution in [0.1, 0.15) is 56.0 Å². The van der Waals surface area contributed by atoms with Crippen LogP contribution < -0.4 is 5.56 Å². The average Bonchev–Trinajstić information content (AvgIpc) is 3.22. The Bertz CT molecular complexity index is 1140. The van der Waals surface area contributed by atoms with E-state index in [0.717, 1.165) is 34.9 Å². The molecule has 3 aromatic heterocycles. The molecule has 0 saturated carbocycles. The second kappa shape index (κ2) is 6.31. The van der Waals surface area contributed by atoms with Crippen LogP contribution in [0.4, 0.5) is 5.82 Å². The van der Waals surface area contributed by atoms with E-state index in [9.17, 15) is 4.79 Å². The highest BCUT2D eigenvalue weighted by molar-refractivity contribution is 8.14. The van der Waals surface area contributed by atoms with Gasteiger partial charge in [0.05, 0.1) is 33.7 Å². The highest BCUT2D eigenvalue weighted by Crippen LogP contribution is 2.46. The highest BCUT2D eigenvalue weighted by atomic mass is 32.2. The summed E-state index contributed by atoms with van der Waals surface area (Å²) in [6, 6.07) is 1.99. The zero-order valence-electron chi connectivity index (χ0n) is 16.0. The van der Waals surface area contributed by atoms with E-state index >= 15 is 0 Å². The molecule has 28 heavy (non-hydrogen) atoms. The van der Waals surface area contributed by atoms with E-state index in [-0.39, 0.29) is 22.5 Å². The third-order valence-electron chi connectivity index (χ3n) is 5.37. The van der Waals surface area contributed by atoms with Gasteiger partial charge >= 0.3 is 0 Å². The van der Waals surface area contributed by atoms with Crippen molar-refractivity contribution in [3.05, 3.63) is 46.1 Å². The molecule has 8 nitrogen and oxygen atoms in total. The van der Waals surface area contributed by atoms with Crippen LogP contribution >= 0.6 is 11.8 Å². The molecule has 2 aliphatic heterocycles. The monoisotopic (exact) mass is 398 g/mol. The second-order valence-corrected chi connectivity index (χ2v) is 9.22. The maximum absolute atomic E-state index is 13.0. The van der Waals surface area contributed by atoms with E-state index < -0.39 is 0 Å². The van der Waals surface area contributed by atoms with Crippen LogP contribution in [0.5, 0.6) is 0 Å². The number of nitrogens with one attached hydrogen (secondary N) is 1. The summed E-state index contributed by atoms with van der Waals surface area (Å²) in [6.45, 7) is 6.83. The van der Waals surface area contributed by atoms with Gasteiger partial charge in [0, 0.05) is 24.6 Å². The molecule has 146 valence electrons. The summed E-state index contributed by atoms with van der Waals surface area (Å²) in [6.07, 6.45) is 7.09. The van der Waals surface area contributed by atoms with Gasteiger partial charge in [-0.05, 0) is 39.7 Å². The van der Waals surface area contributed by atoms with Gasteiger partial charge in [-0.2, -0.15) is 5.10 Å². The van der Waals surface area contributed by atoms with Crippen molar-refractivity contribution in [1.82, 2.24) is 24.4 Å². The fourth-order valence-electron chi connectivity index (χ4n) is 4.14. The van der Waals surface area contributed by atoms with Gasteiger partial charge in [-0.25, -0.2) is 14.5 Å². The maximum Gasteiger partial charge on any atom is 0.271 e. The molecular formula is C19H22N6O2S. The van der Waals surface area contributed by atoms with Gasteiger partial charge in [0.2, 0.25) is 0 Å². The van der Waals surface area contributed by atoms with Crippen molar-refractivity contribution in [2.24, 2.45) is 4.99 Å². The van der Waals surface area contributed by atoms with E-state index in [1.54, 1.807) is 28.7 Å². The molecule has 3 aromatic rings. The van der Waals surface area contributed by atoms with Gasteiger partial charge < -0.3 is 4.74 Å². The van der Waals surface area contributed by atoms with Gasteiger partial charge in [-0.3, -0.25) is 14.6 Å². The lowest BCUT2D eigenvalue weighted by Crippen LogP contribution is -2.35. The Kier molecular flexibility index (Phi) is 3.99. The predicted molar refractivity (Wildman–Crippen MR) is 109 cm³/mol. The van der Waals surface area contributed by atoms with Crippen molar-refractivity contribution >= 4 is 28.3 Å². The molecule has 0 aliphatic carbocycles. The molecule has 2 atom stereocenters. The Balaban J connectivity index is 1.64. The molecule has 0 bridgehead atoms. The first-order chi connectivity index (χ1) is 13.4. The predicted octanol–water partition coefficient (Wildman–Crippen LogP) is 3.24. The van der Waals surface area contributed by atoms with Gasteiger partial charge in [0.15, 0.2) is 11.5 Å². The van der Waals surface area contributed by atoms with E-state index in [1.807, 2.05) is 23.9 Å². The molecule has 1 N–H and O–H groups in total. The minimum absolute atomic E-state index is 0.0941. The number of nitrogens with zero attached hydrogens (tertiary/aromatic N) is 5. The van der Waals surface area contributed by atoms with Gasteiger partial charge in [0.25, 0.3) is 5.56 Å². The summed E-state index contributed by atoms with van der Waals surface area (Å²) < 4.78 is 9.55. The minimum atomic E-state index is -0.217. The lowest BCUT2D eigenvalue weighted by molar-refractivity contribution is -0.0705. The van der Waals surface area contributed by atoms with Gasteiger partial charge in [-0.15, -0.1) is 0 Å². The molecule has 1 fully saturated rings. The summed E-state index contributed by atoms with van der Waals surface area (Å²) in [5.74, 6) is 0.726. The Hall–Kier alpha value is -2.39. The highest BCUT2D eigenvalue weighted by Gasteiger charge is 2.36. The molecule has 2 aliphatic rings. The molecule has 5 heterocycles. The smallest absolute Gasteiger partial charge is 0.271 e. The number of fused-ring (bicyclic) bond motifs is 2. The zero-order valence-corrected chi connectivity index (χ0v) is 16.9. The SMILES string of the molecule is CC1=Nc2c(c(=O)[nH]n2[C@H]2CCOC(C)(C)C2)[C@H](c2cnn3cccnc23)S1. The number of aromatic amines is 1. The molecule has 9 heteroatoms. The topological polar surface area (TPSA) is 89.6 Å². The van der Waals surface area contributed by atoms with Crippen LogP contribution in [0.15, 0.2) is 34.4 Å². The Morgan fingerprint density at radius 1 is 1.39 bits per heavy atom. The first kappa shape index (κ1) is 17.7. The maximum atomic E-state index is 13.0. The van der Waals surface area contributed by atoms with Crippen molar-refractivity contribution in [1.29, 1.82) is 0 Å². The molecule has 0 amide bonds. The molecule has 1 saturated heterocycles. The van der Waals surface area contributed by atoms with Crippen molar-refractivity contribution in [2.45, 2.75) is 50.5 Å². The number of H-pyrrole nitrogens is 1. The van der Waals surface area contributed by atoms with E-state index in [4.69, 9.17) is 9.73 Å². The number of aliphatic imine (C=N–C) groups is 1. The summed E-state index contributed by atoms with van der Waals surface area (Å²) in [5, 5.41) is 8.20. The zero-order chi connectivity index (χ0) is 19.5. The van der Waals surface area contributed by atoms with Gasteiger partial charge in [-0.1, -0.05) is 11.8 Å². The summed E-state index contributed by atoms with van der Waals surface area (Å²) in [5.41, 5.74) is 2.06. The van der Waals surface area contributed by atoms with Crippen molar-refractivity contribution < 1.29 is 4.74 Å². The molecule has 0 unspecified atom stereocenters. The van der Waals surface area contributed by atoms with Gasteiger partial charge in [0.1, 0.15) is 0 Å². The van der Waals surface area contributed by atoms with Crippen LogP contribution in [0.3, 0.4) is 0 Å². The Morgan fingerprint density at radius 2 is 2.25 bits per heavy atom. The minimum Gasteiger partial charge on any atom is -0.375 e. The van der Waals surface area contributed by atoms with Crippen LogP contribution in [-0.4, -0.2) is 41.6 Å². The first-order valence-electron chi connectivity index (χ1n) is 9.41. The van der Waals surface area contributed by atoms with Crippen LogP contribution in [0.25, 0.3) is 5.65 Å². The fourth-order valence-corrected chi connectivity index (χ4v) is 5.25. The van der Waals surface area contributed by atoms with E-state index in [2.05, 4.69) is 29.0 Å². The normalized spacial score (nSPS) is 24.2. The van der Waals surface area contributed by atoms with E-state index in [1.165, 1.54) is 0 Å². The first-order valence-corrected chi connectivity index (χ1v) is 10.3. The third kappa shape index (κ3) is 2.80. The number of thioether (sulfide) groups is 1. The Labute approximate surface area is 166 Å². The molecule has 0 aromatic carbocycles. The Morgan fingerprint density at radius 3 is 3.07 bits per heavy atom. The lowest BCUT2D eigenvalue weighted by Gasteiger charge is -2.36. The number of hydrogen-bond acceptors (Lipinski definition) is 6. The summed E-state index contributed by atoms with van der Waals surface area (Å²) in [4.78, 5) is 22.2. The average molecular weight is 398 g/mol. The standard InChI is InChI=1S/C19H22N6O2S/c1-11-22-17-14(15(28-11)13-10-21-24-7-4-6-20-16(13)24)18(26)23-25(17)12-5-8-27-19(2,3)9-12/h4,6-7,10,12,15H,5,8-9H2,1-3H3,(H,23,26)/t12-,15-/m0/s1. The van der Waals surface area contributed by atoms with Crippen molar-refractivity contribution in [2.75, 3.05) is 6.61 Å². The summed E-state index contributed by atoms with van der Waals surface area (Å²) >= 11 is 1.57. The lowest BCUT2D eigenvalue weighted by atomic mass is 9.94. The van der Waals surface area contributed by atoms with E-state index in [0.29, 0.717) is 12.2 Å². The molecule has 0 radical (unpaired) electrons. The van der Waals surface area contributed by atoms with Crippen molar-refractivity contribution in [3.63, 3.8) is 0 Å². The fraction of sp³-hybridized carbons (Fsp3) is 0.474. The number of hydrogen-bond donors (Lipinski definition) is 1. The van der Waals surface area contributed by atoms with Crippen LogP contribution in [0.2, 0.25) is 0 Å².